The summed E-state index contributed by atoms with van der Waals surface area (Å²) in [6, 6.07) is 9.39. The maximum Gasteiger partial charge on any atom is 0.125 e. The number of aryl methyl sites for hydroxylation is 1. The van der Waals surface area contributed by atoms with E-state index in [1.54, 1.807) is 12.1 Å². The molecule has 2 aromatic rings. The van der Waals surface area contributed by atoms with Crippen LogP contribution in [0.1, 0.15) is 22.8 Å². The van der Waals surface area contributed by atoms with Gasteiger partial charge in [-0.3, -0.25) is 0 Å². The Morgan fingerprint density at radius 2 is 1.89 bits per heavy atom. The predicted octanol–water partition coefficient (Wildman–Crippen LogP) is 2.81. The molecule has 4 heteroatoms. The second-order valence-electron chi connectivity index (χ2n) is 4.42. The molecule has 2 rings (SSSR count). The molecular formula is C15H16FNO2. The predicted molar refractivity (Wildman–Crippen MR) is 72.6 cm³/mol. The molecule has 2 aromatic carbocycles. The summed E-state index contributed by atoms with van der Waals surface area (Å²) in [5.74, 6) is 0.108. The number of aliphatic hydroxyl groups is 1. The molecule has 0 amide bonds. The van der Waals surface area contributed by atoms with Gasteiger partial charge in [0.1, 0.15) is 17.7 Å². The molecule has 0 heterocycles. The number of rotatable bonds is 3. The van der Waals surface area contributed by atoms with Crippen LogP contribution in [0.4, 0.5) is 10.1 Å². The van der Waals surface area contributed by atoms with Crippen molar-refractivity contribution < 1.29 is 14.2 Å². The van der Waals surface area contributed by atoms with E-state index in [9.17, 15) is 9.50 Å². The molecule has 3 N–H and O–H groups in total. The summed E-state index contributed by atoms with van der Waals surface area (Å²) in [5, 5.41) is 10.4. The number of halogens is 1. The number of methoxy groups -OCH3 is 1. The van der Waals surface area contributed by atoms with Crippen molar-refractivity contribution in [3.63, 3.8) is 0 Å². The van der Waals surface area contributed by atoms with Gasteiger partial charge in [-0.2, -0.15) is 0 Å². The zero-order valence-corrected chi connectivity index (χ0v) is 10.9. The third kappa shape index (κ3) is 2.69. The topological polar surface area (TPSA) is 55.5 Å². The van der Waals surface area contributed by atoms with Crippen molar-refractivity contribution in [3.8, 4) is 5.75 Å². The molecular weight excluding hydrogens is 245 g/mol. The van der Waals surface area contributed by atoms with Crippen LogP contribution >= 0.6 is 0 Å². The quantitative estimate of drug-likeness (QED) is 0.835. The van der Waals surface area contributed by atoms with Crippen molar-refractivity contribution in [1.82, 2.24) is 0 Å². The minimum absolute atomic E-state index is 0.337. The van der Waals surface area contributed by atoms with Crippen molar-refractivity contribution in [3.05, 3.63) is 58.9 Å². The zero-order valence-electron chi connectivity index (χ0n) is 10.9. The number of nitrogens with two attached hydrogens (primary N) is 1. The minimum Gasteiger partial charge on any atom is -0.496 e. The van der Waals surface area contributed by atoms with Gasteiger partial charge in [0.15, 0.2) is 0 Å². The van der Waals surface area contributed by atoms with Gasteiger partial charge in [-0.05, 0) is 37.3 Å². The number of ether oxygens (including phenoxy) is 1. The van der Waals surface area contributed by atoms with Crippen LogP contribution in [0.2, 0.25) is 0 Å². The Morgan fingerprint density at radius 1 is 1.16 bits per heavy atom. The van der Waals surface area contributed by atoms with Gasteiger partial charge in [-0.1, -0.05) is 11.6 Å². The van der Waals surface area contributed by atoms with E-state index in [0.717, 1.165) is 5.56 Å². The molecule has 1 unspecified atom stereocenters. The van der Waals surface area contributed by atoms with Crippen LogP contribution in [-0.4, -0.2) is 12.2 Å². The van der Waals surface area contributed by atoms with Crippen LogP contribution in [0, 0.1) is 12.7 Å². The lowest BCUT2D eigenvalue weighted by atomic mass is 9.97. The van der Waals surface area contributed by atoms with Crippen LogP contribution < -0.4 is 10.5 Å². The molecule has 3 nitrogen and oxygen atoms in total. The van der Waals surface area contributed by atoms with Crippen LogP contribution in [0.5, 0.6) is 5.75 Å². The highest BCUT2D eigenvalue weighted by Crippen LogP contribution is 2.33. The summed E-state index contributed by atoms with van der Waals surface area (Å²) in [6.07, 6.45) is -1.02. The monoisotopic (exact) mass is 261 g/mol. The maximum atomic E-state index is 13.3. The molecule has 0 fully saturated rings. The Kier molecular flexibility index (Phi) is 3.71. The fourth-order valence-corrected chi connectivity index (χ4v) is 2.02. The highest BCUT2D eigenvalue weighted by atomic mass is 19.1. The first kappa shape index (κ1) is 13.4. The van der Waals surface area contributed by atoms with Crippen LogP contribution in [0.3, 0.4) is 0 Å². The summed E-state index contributed by atoms with van der Waals surface area (Å²) in [6.45, 7) is 1.91. The van der Waals surface area contributed by atoms with Gasteiger partial charge < -0.3 is 15.6 Å². The van der Waals surface area contributed by atoms with Gasteiger partial charge in [0.2, 0.25) is 0 Å². The van der Waals surface area contributed by atoms with Gasteiger partial charge in [0.05, 0.1) is 7.11 Å². The lowest BCUT2D eigenvalue weighted by Crippen LogP contribution is -2.06. The van der Waals surface area contributed by atoms with Crippen molar-refractivity contribution in [2.45, 2.75) is 13.0 Å². The molecule has 0 spiro atoms. The van der Waals surface area contributed by atoms with Gasteiger partial charge >= 0.3 is 0 Å². The molecule has 1 atom stereocenters. The van der Waals surface area contributed by atoms with Gasteiger partial charge in [0.25, 0.3) is 0 Å². The highest BCUT2D eigenvalue weighted by Gasteiger charge is 2.18. The summed E-state index contributed by atoms with van der Waals surface area (Å²) in [5.41, 5.74) is 8.02. The van der Waals surface area contributed by atoms with Gasteiger partial charge in [-0.15, -0.1) is 0 Å². The number of hydrogen-bond acceptors (Lipinski definition) is 3. The van der Waals surface area contributed by atoms with E-state index in [0.29, 0.717) is 22.6 Å². The summed E-state index contributed by atoms with van der Waals surface area (Å²) >= 11 is 0. The van der Waals surface area contributed by atoms with Crippen molar-refractivity contribution in [1.29, 1.82) is 0 Å². The molecule has 0 aliphatic rings. The Bertz CT molecular complexity index is 599. The van der Waals surface area contributed by atoms with E-state index < -0.39 is 11.9 Å². The Morgan fingerprint density at radius 3 is 2.58 bits per heavy atom. The van der Waals surface area contributed by atoms with Crippen LogP contribution in [0.15, 0.2) is 36.4 Å². The van der Waals surface area contributed by atoms with Crippen molar-refractivity contribution in [2.75, 3.05) is 12.8 Å². The maximum absolute atomic E-state index is 13.3. The molecule has 19 heavy (non-hydrogen) atoms. The molecule has 0 aliphatic heterocycles. The number of nitrogen functional groups attached to an aromatic ring is 1. The molecule has 0 saturated carbocycles. The van der Waals surface area contributed by atoms with Gasteiger partial charge in [-0.25, -0.2) is 4.39 Å². The van der Waals surface area contributed by atoms with Crippen LogP contribution in [-0.2, 0) is 0 Å². The molecule has 100 valence electrons. The second kappa shape index (κ2) is 5.28. The third-order valence-corrected chi connectivity index (χ3v) is 3.02. The fourth-order valence-electron chi connectivity index (χ4n) is 2.02. The summed E-state index contributed by atoms with van der Waals surface area (Å²) in [4.78, 5) is 0. The van der Waals surface area contributed by atoms with Crippen molar-refractivity contribution in [2.24, 2.45) is 0 Å². The second-order valence-corrected chi connectivity index (χ2v) is 4.42. The average molecular weight is 261 g/mol. The van der Waals surface area contributed by atoms with Gasteiger partial charge in [0, 0.05) is 16.8 Å². The van der Waals surface area contributed by atoms with E-state index in [2.05, 4.69) is 0 Å². The van der Waals surface area contributed by atoms with E-state index >= 15 is 0 Å². The molecule has 0 radical (unpaired) electrons. The zero-order chi connectivity index (χ0) is 14.0. The van der Waals surface area contributed by atoms with E-state index in [-0.39, 0.29) is 0 Å². The SMILES string of the molecule is COc1ccc(C)cc1C(O)c1cc(F)ccc1N. The summed E-state index contributed by atoms with van der Waals surface area (Å²) in [7, 11) is 1.52. The highest BCUT2D eigenvalue weighted by molar-refractivity contribution is 5.53. The van der Waals surface area contributed by atoms with E-state index in [1.807, 2.05) is 13.0 Å². The van der Waals surface area contributed by atoms with E-state index in [1.165, 1.54) is 25.3 Å². The number of hydrogen-bond donors (Lipinski definition) is 2. The lowest BCUT2D eigenvalue weighted by molar-refractivity contribution is 0.215. The molecule has 0 saturated heterocycles. The Hall–Kier alpha value is -2.07. The normalized spacial score (nSPS) is 12.2. The number of aliphatic hydroxyl groups excluding tert-OH is 1. The number of benzene rings is 2. The third-order valence-electron chi connectivity index (χ3n) is 3.02. The van der Waals surface area contributed by atoms with Crippen molar-refractivity contribution >= 4 is 5.69 Å². The summed E-state index contributed by atoms with van der Waals surface area (Å²) < 4.78 is 18.5. The van der Waals surface area contributed by atoms with Crippen LogP contribution in [0.25, 0.3) is 0 Å². The smallest absolute Gasteiger partial charge is 0.125 e. The Balaban J connectivity index is 2.51. The standard InChI is InChI=1S/C15H16FNO2/c1-9-3-6-14(19-2)12(7-9)15(18)11-8-10(16)4-5-13(11)17/h3-8,15,18H,17H2,1-2H3. The number of anilines is 1. The molecule has 0 aliphatic carbocycles. The first-order valence-electron chi connectivity index (χ1n) is 5.90. The minimum atomic E-state index is -1.02. The average Bonchev–Trinajstić information content (AvgIpc) is 2.40. The molecule has 0 aromatic heterocycles. The lowest BCUT2D eigenvalue weighted by Gasteiger charge is -2.17. The first-order chi connectivity index (χ1) is 9.02. The Labute approximate surface area is 111 Å². The first-order valence-corrected chi connectivity index (χ1v) is 5.90. The van der Waals surface area contributed by atoms with E-state index in [4.69, 9.17) is 10.5 Å². The molecule has 0 bridgehead atoms. The largest absolute Gasteiger partial charge is 0.496 e. The fraction of sp³-hybridized carbons (Fsp3) is 0.200.